The van der Waals surface area contributed by atoms with Crippen LogP contribution in [0.5, 0.6) is 0 Å². The van der Waals surface area contributed by atoms with Gasteiger partial charge in [0.2, 0.25) is 5.91 Å². The molecule has 1 saturated heterocycles. The molecule has 1 aliphatic rings. The fraction of sp³-hybridized carbons (Fsp3) is 0.200. The Bertz CT molecular complexity index is 1360. The van der Waals surface area contributed by atoms with Gasteiger partial charge >= 0.3 is 0 Å². The number of nitrogens with zero attached hydrogens (tertiary/aromatic N) is 3. The van der Waals surface area contributed by atoms with Crippen molar-refractivity contribution in [1.82, 2.24) is 14.7 Å². The fourth-order valence-electron chi connectivity index (χ4n) is 4.40. The summed E-state index contributed by atoms with van der Waals surface area (Å²) in [5.41, 5.74) is 4.07. The molecule has 0 aliphatic carbocycles. The normalized spacial score (nSPS) is 15.4. The van der Waals surface area contributed by atoms with Gasteiger partial charge in [-0.15, -0.1) is 0 Å². The lowest BCUT2D eigenvalue weighted by Gasteiger charge is -2.24. The molecule has 1 atom stereocenters. The zero-order valence-corrected chi connectivity index (χ0v) is 21.0. The first-order valence-electron chi connectivity index (χ1n) is 12.3. The molecule has 0 N–H and O–H groups in total. The van der Waals surface area contributed by atoms with Gasteiger partial charge in [-0.2, -0.15) is 5.10 Å². The quantitative estimate of drug-likeness (QED) is 0.250. The van der Waals surface area contributed by atoms with Crippen molar-refractivity contribution in [2.24, 2.45) is 0 Å². The molecule has 37 heavy (non-hydrogen) atoms. The van der Waals surface area contributed by atoms with Crippen LogP contribution in [0, 0.1) is 5.82 Å². The standard InChI is InChI=1S/C30H27ClFN3O2/c31-25-13-8-22(9-14-25)19-34(21-28-7-4-18-37-28)29(36)17-12-24-20-35(27-5-2-1-3-6-27)33-30(24)23-10-15-26(32)16-11-23/h1-3,5-6,8-17,20,28H,4,7,18-19,21H2/b17-12+. The molecule has 0 radical (unpaired) electrons. The molecule has 188 valence electrons. The Hall–Kier alpha value is -3.74. The van der Waals surface area contributed by atoms with Gasteiger partial charge in [0.1, 0.15) is 5.82 Å². The summed E-state index contributed by atoms with van der Waals surface area (Å²) in [6.07, 6.45) is 7.19. The van der Waals surface area contributed by atoms with Crippen LogP contribution in [0.2, 0.25) is 5.02 Å². The topological polar surface area (TPSA) is 47.4 Å². The Kier molecular flexibility index (Phi) is 7.78. The van der Waals surface area contributed by atoms with Gasteiger partial charge in [0.25, 0.3) is 0 Å². The molecular weight excluding hydrogens is 489 g/mol. The van der Waals surface area contributed by atoms with E-state index in [4.69, 9.17) is 21.4 Å². The van der Waals surface area contributed by atoms with E-state index in [1.54, 1.807) is 33.9 Å². The highest BCUT2D eigenvalue weighted by atomic mass is 35.5. The molecule has 1 fully saturated rings. The van der Waals surface area contributed by atoms with Crippen molar-refractivity contribution in [3.05, 3.63) is 113 Å². The van der Waals surface area contributed by atoms with Crippen LogP contribution >= 0.6 is 11.6 Å². The molecule has 7 heteroatoms. The lowest BCUT2D eigenvalue weighted by Crippen LogP contribution is -2.35. The average Bonchev–Trinajstić information content (AvgIpc) is 3.59. The summed E-state index contributed by atoms with van der Waals surface area (Å²) in [6.45, 7) is 1.69. The zero-order valence-electron chi connectivity index (χ0n) is 20.3. The highest BCUT2D eigenvalue weighted by Gasteiger charge is 2.22. The minimum atomic E-state index is -0.314. The summed E-state index contributed by atoms with van der Waals surface area (Å²) in [5, 5.41) is 5.40. The molecule has 2 heterocycles. The van der Waals surface area contributed by atoms with Gasteiger partial charge in [-0.05, 0) is 73.0 Å². The van der Waals surface area contributed by atoms with Crippen LogP contribution in [0.1, 0.15) is 24.0 Å². The Morgan fingerprint density at radius 1 is 1.08 bits per heavy atom. The number of carbonyl (C=O) groups excluding carboxylic acids is 1. The first kappa shape index (κ1) is 24.9. The van der Waals surface area contributed by atoms with Crippen molar-refractivity contribution in [2.45, 2.75) is 25.5 Å². The van der Waals surface area contributed by atoms with E-state index in [1.807, 2.05) is 60.8 Å². The third-order valence-corrected chi connectivity index (χ3v) is 6.58. The molecule has 5 nitrogen and oxygen atoms in total. The number of rotatable bonds is 8. The summed E-state index contributed by atoms with van der Waals surface area (Å²) in [5.74, 6) is -0.437. The number of hydrogen-bond donors (Lipinski definition) is 0. The molecule has 3 aromatic carbocycles. The summed E-state index contributed by atoms with van der Waals surface area (Å²) >= 11 is 6.05. The Balaban J connectivity index is 1.43. The molecule has 4 aromatic rings. The van der Waals surface area contributed by atoms with E-state index in [0.717, 1.165) is 41.8 Å². The number of amides is 1. The average molecular weight is 516 g/mol. The smallest absolute Gasteiger partial charge is 0.246 e. The summed E-state index contributed by atoms with van der Waals surface area (Å²) in [7, 11) is 0. The minimum Gasteiger partial charge on any atom is -0.376 e. The van der Waals surface area contributed by atoms with Crippen molar-refractivity contribution < 1.29 is 13.9 Å². The number of aromatic nitrogens is 2. The van der Waals surface area contributed by atoms with Gasteiger partial charge in [-0.25, -0.2) is 9.07 Å². The molecule has 1 aliphatic heterocycles. The molecule has 0 bridgehead atoms. The van der Waals surface area contributed by atoms with Crippen LogP contribution < -0.4 is 0 Å². The second-order valence-corrected chi connectivity index (χ2v) is 9.47. The van der Waals surface area contributed by atoms with Crippen LogP contribution in [0.25, 0.3) is 23.0 Å². The number of ether oxygens (including phenoxy) is 1. The van der Waals surface area contributed by atoms with Gasteiger partial charge in [0.05, 0.1) is 17.5 Å². The highest BCUT2D eigenvalue weighted by Crippen LogP contribution is 2.26. The van der Waals surface area contributed by atoms with Crippen molar-refractivity contribution in [2.75, 3.05) is 13.2 Å². The molecular formula is C30H27ClFN3O2. The van der Waals surface area contributed by atoms with Crippen molar-refractivity contribution in [3.63, 3.8) is 0 Å². The van der Waals surface area contributed by atoms with E-state index in [0.29, 0.717) is 23.8 Å². The van der Waals surface area contributed by atoms with Crippen LogP contribution in [0.4, 0.5) is 4.39 Å². The minimum absolute atomic E-state index is 0.0280. The molecule has 1 amide bonds. The predicted octanol–water partition coefficient (Wildman–Crippen LogP) is 6.55. The maximum absolute atomic E-state index is 13.6. The van der Waals surface area contributed by atoms with E-state index in [2.05, 4.69) is 0 Å². The highest BCUT2D eigenvalue weighted by molar-refractivity contribution is 6.30. The van der Waals surface area contributed by atoms with Gasteiger partial charge in [0.15, 0.2) is 0 Å². The second-order valence-electron chi connectivity index (χ2n) is 9.03. The second kappa shape index (κ2) is 11.5. The maximum atomic E-state index is 13.6. The molecule has 0 spiro atoms. The number of benzene rings is 3. The van der Waals surface area contributed by atoms with E-state index < -0.39 is 0 Å². The summed E-state index contributed by atoms with van der Waals surface area (Å²) < 4.78 is 21.2. The third-order valence-electron chi connectivity index (χ3n) is 6.33. The van der Waals surface area contributed by atoms with Crippen LogP contribution in [-0.4, -0.2) is 39.8 Å². The van der Waals surface area contributed by atoms with Crippen molar-refractivity contribution >= 4 is 23.6 Å². The van der Waals surface area contributed by atoms with Gasteiger partial charge in [0, 0.05) is 48.1 Å². The number of carbonyl (C=O) groups is 1. The van der Waals surface area contributed by atoms with E-state index in [1.165, 1.54) is 12.1 Å². The predicted molar refractivity (Wildman–Crippen MR) is 144 cm³/mol. The van der Waals surface area contributed by atoms with Crippen LogP contribution in [-0.2, 0) is 16.1 Å². The molecule has 0 saturated carbocycles. The van der Waals surface area contributed by atoms with Gasteiger partial charge in [-0.1, -0.05) is 41.9 Å². The van der Waals surface area contributed by atoms with E-state index in [9.17, 15) is 9.18 Å². The van der Waals surface area contributed by atoms with Crippen LogP contribution in [0.15, 0.2) is 91.1 Å². The number of para-hydroxylation sites is 1. The van der Waals surface area contributed by atoms with Crippen molar-refractivity contribution in [3.8, 4) is 16.9 Å². The third kappa shape index (κ3) is 6.34. The van der Waals surface area contributed by atoms with Gasteiger partial charge < -0.3 is 9.64 Å². The Morgan fingerprint density at radius 2 is 1.84 bits per heavy atom. The summed E-state index contributed by atoms with van der Waals surface area (Å²) in [6, 6.07) is 23.4. The monoisotopic (exact) mass is 515 g/mol. The maximum Gasteiger partial charge on any atom is 0.246 e. The lowest BCUT2D eigenvalue weighted by molar-refractivity contribution is -0.128. The van der Waals surface area contributed by atoms with E-state index >= 15 is 0 Å². The summed E-state index contributed by atoms with van der Waals surface area (Å²) in [4.78, 5) is 15.2. The first-order valence-corrected chi connectivity index (χ1v) is 12.7. The first-order chi connectivity index (χ1) is 18.0. The number of halogens is 2. The Morgan fingerprint density at radius 3 is 2.54 bits per heavy atom. The molecule has 1 aromatic heterocycles. The number of hydrogen-bond acceptors (Lipinski definition) is 3. The van der Waals surface area contributed by atoms with E-state index in [-0.39, 0.29) is 17.8 Å². The van der Waals surface area contributed by atoms with Crippen molar-refractivity contribution in [1.29, 1.82) is 0 Å². The SMILES string of the molecule is O=C(/C=C/c1cn(-c2ccccc2)nc1-c1ccc(F)cc1)N(Cc1ccc(Cl)cc1)CC1CCCO1. The lowest BCUT2D eigenvalue weighted by atomic mass is 10.1. The van der Waals surface area contributed by atoms with Gasteiger partial charge in [-0.3, -0.25) is 4.79 Å². The van der Waals surface area contributed by atoms with Crippen LogP contribution in [0.3, 0.4) is 0 Å². The Labute approximate surface area is 220 Å². The fourth-order valence-corrected chi connectivity index (χ4v) is 4.52. The molecule has 5 rings (SSSR count). The zero-order chi connectivity index (χ0) is 25.6. The molecule has 1 unspecified atom stereocenters. The largest absolute Gasteiger partial charge is 0.376 e.